The molecule has 2 atom stereocenters. The van der Waals surface area contributed by atoms with Crippen molar-refractivity contribution in [1.82, 2.24) is 15.5 Å². The number of rotatable bonds is 5. The number of morpholine rings is 1. The van der Waals surface area contributed by atoms with E-state index in [4.69, 9.17) is 15.6 Å². The second-order valence-electron chi connectivity index (χ2n) is 4.41. The lowest BCUT2D eigenvalue weighted by molar-refractivity contribution is -0.141. The average Bonchev–Trinajstić information content (AvgIpc) is 2.45. The maximum atomic E-state index is 12.1. The number of likely N-dealkylation sites (N-methyl/N-ethyl adjacent to an activating group) is 1. The highest BCUT2D eigenvalue weighted by Crippen LogP contribution is 2.08. The van der Waals surface area contributed by atoms with Crippen molar-refractivity contribution in [2.45, 2.75) is 18.5 Å². The quantitative estimate of drug-likeness (QED) is 0.439. The van der Waals surface area contributed by atoms with Crippen molar-refractivity contribution in [3.63, 3.8) is 0 Å². The molecule has 1 unspecified atom stereocenters. The molecule has 0 saturated carbocycles. The number of hydrogen-bond donors (Lipinski definition) is 4. The first-order valence-corrected chi connectivity index (χ1v) is 6.24. The first-order valence-electron chi connectivity index (χ1n) is 6.24. The van der Waals surface area contributed by atoms with Crippen LogP contribution >= 0.6 is 0 Å². The van der Waals surface area contributed by atoms with Gasteiger partial charge in [-0.3, -0.25) is 9.59 Å². The Bertz CT molecular complexity index is 440. The van der Waals surface area contributed by atoms with E-state index in [1.807, 2.05) is 0 Å². The topological polar surface area (TPSA) is 151 Å². The smallest absolute Gasteiger partial charge is 0.326 e. The van der Waals surface area contributed by atoms with Crippen LogP contribution in [0.2, 0.25) is 0 Å². The first kappa shape index (κ1) is 16.7. The predicted molar refractivity (Wildman–Crippen MR) is 69.1 cm³/mol. The molecule has 5 N–H and O–H groups in total. The SMILES string of the molecule is CNC(=O)C1COCCN1C(=O)N[C@H](CC(N)=O)C(=O)O. The van der Waals surface area contributed by atoms with Crippen molar-refractivity contribution in [3.8, 4) is 0 Å². The van der Waals surface area contributed by atoms with Gasteiger partial charge in [-0.2, -0.15) is 0 Å². The van der Waals surface area contributed by atoms with E-state index in [1.54, 1.807) is 0 Å². The zero-order chi connectivity index (χ0) is 16.0. The predicted octanol–water partition coefficient (Wildman–Crippen LogP) is -2.53. The molecule has 4 amide bonds. The number of hydrogen-bond acceptors (Lipinski definition) is 5. The molecular formula is C11H18N4O6. The Morgan fingerprint density at radius 3 is 2.62 bits per heavy atom. The van der Waals surface area contributed by atoms with E-state index in [9.17, 15) is 19.2 Å². The number of carboxylic acids is 1. The van der Waals surface area contributed by atoms with Crippen LogP contribution in [-0.2, 0) is 19.1 Å². The molecule has 0 aromatic rings. The minimum Gasteiger partial charge on any atom is -0.480 e. The monoisotopic (exact) mass is 302 g/mol. The van der Waals surface area contributed by atoms with Crippen LogP contribution in [0.1, 0.15) is 6.42 Å². The van der Waals surface area contributed by atoms with Crippen molar-refractivity contribution >= 4 is 23.8 Å². The molecule has 0 aromatic heterocycles. The number of nitrogens with two attached hydrogens (primary N) is 1. The summed E-state index contributed by atoms with van der Waals surface area (Å²) < 4.78 is 5.13. The van der Waals surface area contributed by atoms with Crippen molar-refractivity contribution < 1.29 is 29.0 Å². The molecule has 1 rings (SSSR count). The number of amides is 4. The van der Waals surface area contributed by atoms with Gasteiger partial charge in [-0.25, -0.2) is 9.59 Å². The Labute approximate surface area is 120 Å². The molecule has 21 heavy (non-hydrogen) atoms. The first-order chi connectivity index (χ1) is 9.86. The highest BCUT2D eigenvalue weighted by atomic mass is 16.5. The van der Waals surface area contributed by atoms with Crippen LogP contribution in [0.3, 0.4) is 0 Å². The van der Waals surface area contributed by atoms with Crippen LogP contribution in [-0.4, -0.2) is 72.7 Å². The van der Waals surface area contributed by atoms with E-state index in [1.165, 1.54) is 11.9 Å². The van der Waals surface area contributed by atoms with Crippen LogP contribution in [0.15, 0.2) is 0 Å². The molecule has 1 heterocycles. The lowest BCUT2D eigenvalue weighted by atomic mass is 10.2. The Morgan fingerprint density at radius 2 is 2.10 bits per heavy atom. The Balaban J connectivity index is 2.76. The molecule has 1 aliphatic heterocycles. The average molecular weight is 302 g/mol. The summed E-state index contributed by atoms with van der Waals surface area (Å²) in [7, 11) is 1.42. The van der Waals surface area contributed by atoms with Crippen LogP contribution < -0.4 is 16.4 Å². The fourth-order valence-corrected chi connectivity index (χ4v) is 1.86. The minimum atomic E-state index is -1.44. The summed E-state index contributed by atoms with van der Waals surface area (Å²) in [5.41, 5.74) is 4.93. The molecule has 0 bridgehead atoms. The Morgan fingerprint density at radius 1 is 1.43 bits per heavy atom. The lowest BCUT2D eigenvalue weighted by Gasteiger charge is -2.34. The molecule has 1 fully saturated rings. The van der Waals surface area contributed by atoms with Gasteiger partial charge in [0, 0.05) is 13.6 Å². The fraction of sp³-hybridized carbons (Fsp3) is 0.636. The van der Waals surface area contributed by atoms with E-state index >= 15 is 0 Å². The van der Waals surface area contributed by atoms with E-state index in [-0.39, 0.29) is 19.8 Å². The van der Waals surface area contributed by atoms with Crippen LogP contribution in [0.5, 0.6) is 0 Å². The Hall–Kier alpha value is -2.36. The van der Waals surface area contributed by atoms with Crippen molar-refractivity contribution in [2.24, 2.45) is 5.73 Å². The molecular weight excluding hydrogens is 284 g/mol. The zero-order valence-corrected chi connectivity index (χ0v) is 11.5. The number of aliphatic carboxylic acids is 1. The molecule has 10 heteroatoms. The summed E-state index contributed by atoms with van der Waals surface area (Å²) in [5, 5.41) is 13.5. The zero-order valence-electron chi connectivity index (χ0n) is 11.5. The van der Waals surface area contributed by atoms with Crippen molar-refractivity contribution in [1.29, 1.82) is 0 Å². The Kier molecular flexibility index (Phi) is 5.91. The van der Waals surface area contributed by atoms with Gasteiger partial charge in [-0.05, 0) is 0 Å². The second-order valence-corrected chi connectivity index (χ2v) is 4.41. The molecule has 0 spiro atoms. The van der Waals surface area contributed by atoms with Crippen LogP contribution in [0.4, 0.5) is 4.79 Å². The number of carbonyl (C=O) groups excluding carboxylic acids is 3. The highest BCUT2D eigenvalue weighted by molar-refractivity contribution is 5.90. The highest BCUT2D eigenvalue weighted by Gasteiger charge is 2.34. The van der Waals surface area contributed by atoms with Gasteiger partial charge in [-0.1, -0.05) is 0 Å². The summed E-state index contributed by atoms with van der Waals surface area (Å²) >= 11 is 0. The molecule has 1 saturated heterocycles. The minimum absolute atomic E-state index is 0.0145. The molecule has 0 radical (unpaired) electrons. The summed E-state index contributed by atoms with van der Waals surface area (Å²) in [6.07, 6.45) is -0.532. The largest absolute Gasteiger partial charge is 0.480 e. The van der Waals surface area contributed by atoms with Gasteiger partial charge < -0.3 is 31.1 Å². The number of urea groups is 1. The maximum Gasteiger partial charge on any atom is 0.326 e. The summed E-state index contributed by atoms with van der Waals surface area (Å²) in [4.78, 5) is 46.7. The number of primary amides is 1. The van der Waals surface area contributed by atoms with E-state index < -0.39 is 42.3 Å². The molecule has 0 aromatic carbocycles. The third kappa shape index (κ3) is 4.60. The fourth-order valence-electron chi connectivity index (χ4n) is 1.86. The molecule has 118 valence electrons. The van der Waals surface area contributed by atoms with Gasteiger partial charge in [0.15, 0.2) is 0 Å². The van der Waals surface area contributed by atoms with Gasteiger partial charge in [0.05, 0.1) is 19.6 Å². The van der Waals surface area contributed by atoms with Gasteiger partial charge in [0.1, 0.15) is 12.1 Å². The van der Waals surface area contributed by atoms with Crippen LogP contribution in [0.25, 0.3) is 0 Å². The van der Waals surface area contributed by atoms with Crippen molar-refractivity contribution in [2.75, 3.05) is 26.8 Å². The third-order valence-corrected chi connectivity index (χ3v) is 2.94. The molecule has 1 aliphatic rings. The standard InChI is InChI=1S/C11H18N4O6/c1-13-9(17)7-5-21-3-2-15(7)11(20)14-6(10(18)19)4-8(12)16/h6-7H,2-5H2,1H3,(H2,12,16)(H,13,17)(H,14,20)(H,18,19)/t6-,7?/m1/s1. The lowest BCUT2D eigenvalue weighted by Crippen LogP contribution is -2.60. The third-order valence-electron chi connectivity index (χ3n) is 2.94. The van der Waals surface area contributed by atoms with Gasteiger partial charge in [0.2, 0.25) is 11.8 Å². The number of nitrogens with one attached hydrogen (secondary N) is 2. The number of nitrogens with zero attached hydrogens (tertiary/aromatic N) is 1. The molecule has 0 aliphatic carbocycles. The molecule has 10 nitrogen and oxygen atoms in total. The van der Waals surface area contributed by atoms with Gasteiger partial charge in [-0.15, -0.1) is 0 Å². The van der Waals surface area contributed by atoms with Crippen LogP contribution in [0, 0.1) is 0 Å². The maximum absolute atomic E-state index is 12.1. The van der Waals surface area contributed by atoms with E-state index in [0.29, 0.717) is 0 Å². The second kappa shape index (κ2) is 7.43. The summed E-state index contributed by atoms with van der Waals surface area (Å²) in [6.45, 7) is 0.377. The van der Waals surface area contributed by atoms with Crippen molar-refractivity contribution in [3.05, 3.63) is 0 Å². The van der Waals surface area contributed by atoms with E-state index in [0.717, 1.165) is 0 Å². The number of ether oxygens (including phenoxy) is 1. The summed E-state index contributed by atoms with van der Waals surface area (Å²) in [5.74, 6) is -2.66. The summed E-state index contributed by atoms with van der Waals surface area (Å²) in [6, 6.07) is -3.06. The number of carboxylic acid groups (broad SMARTS) is 1. The normalized spacial score (nSPS) is 19.5. The van der Waals surface area contributed by atoms with Gasteiger partial charge >= 0.3 is 12.0 Å². The van der Waals surface area contributed by atoms with Gasteiger partial charge in [0.25, 0.3) is 0 Å². The van der Waals surface area contributed by atoms with E-state index in [2.05, 4.69) is 10.6 Å². The number of carbonyl (C=O) groups is 4.